The predicted molar refractivity (Wildman–Crippen MR) is 122 cm³/mol. The van der Waals surface area contributed by atoms with Crippen molar-refractivity contribution < 1.29 is 9.90 Å². The van der Waals surface area contributed by atoms with E-state index in [1.54, 1.807) is 11.8 Å². The summed E-state index contributed by atoms with van der Waals surface area (Å²) in [5.74, 6) is -0.170. The number of hydrogen-bond acceptors (Lipinski definition) is 4. The van der Waals surface area contributed by atoms with Crippen LogP contribution in [-0.4, -0.2) is 39.0 Å². The Balaban J connectivity index is 1.17. The molecule has 6 nitrogen and oxygen atoms in total. The maximum absolute atomic E-state index is 10.8. The van der Waals surface area contributed by atoms with E-state index in [9.17, 15) is 4.79 Å². The lowest BCUT2D eigenvalue weighted by atomic mass is 9.91. The van der Waals surface area contributed by atoms with Crippen LogP contribution in [0, 0.1) is 5.92 Å². The first-order valence-electron chi connectivity index (χ1n) is 11.6. The van der Waals surface area contributed by atoms with Crippen LogP contribution in [0.25, 0.3) is 6.08 Å². The molecule has 0 spiro atoms. The van der Waals surface area contributed by atoms with Crippen molar-refractivity contribution in [2.75, 3.05) is 0 Å². The molecule has 2 aliphatic carbocycles. The molecule has 4 rings (SSSR count). The largest absolute Gasteiger partial charge is 0.480 e. The third kappa shape index (κ3) is 6.28. The molecular formula is C25H34N4O2. The van der Waals surface area contributed by atoms with E-state index in [1.807, 2.05) is 6.20 Å². The Morgan fingerprint density at radius 1 is 1.19 bits per heavy atom. The number of aromatic nitrogens is 2. The van der Waals surface area contributed by atoms with Crippen LogP contribution in [0.5, 0.6) is 0 Å². The SMILES string of the molecule is CCC(=Cc1ccccc1)[C@@H]1C[C@H]1NC1CCC(NCc2cnn(CC(=O)O)c2)CC1. The molecule has 0 amide bonds. The second-order valence-electron chi connectivity index (χ2n) is 8.97. The molecule has 0 saturated heterocycles. The Labute approximate surface area is 184 Å². The highest BCUT2D eigenvalue weighted by atomic mass is 16.4. The molecule has 2 saturated carbocycles. The minimum absolute atomic E-state index is 0.0841. The molecule has 0 radical (unpaired) electrons. The first kappa shape index (κ1) is 21.8. The summed E-state index contributed by atoms with van der Waals surface area (Å²) in [5, 5.41) is 20.5. The summed E-state index contributed by atoms with van der Waals surface area (Å²) in [7, 11) is 0. The smallest absolute Gasteiger partial charge is 0.325 e. The number of carboxylic acids is 1. The maximum atomic E-state index is 10.8. The molecule has 1 heterocycles. The number of carboxylic acid groups (broad SMARTS) is 1. The number of rotatable bonds is 10. The van der Waals surface area contributed by atoms with Crippen molar-refractivity contribution in [2.24, 2.45) is 5.92 Å². The van der Waals surface area contributed by atoms with Gasteiger partial charge in [-0.2, -0.15) is 5.10 Å². The summed E-state index contributed by atoms with van der Waals surface area (Å²) in [6, 6.07) is 12.5. The Bertz CT molecular complexity index is 884. The second kappa shape index (κ2) is 10.2. The van der Waals surface area contributed by atoms with Gasteiger partial charge in [-0.25, -0.2) is 0 Å². The van der Waals surface area contributed by atoms with Crippen LogP contribution >= 0.6 is 0 Å². The minimum atomic E-state index is -0.868. The van der Waals surface area contributed by atoms with Crippen molar-refractivity contribution in [2.45, 2.75) is 76.7 Å². The highest BCUT2D eigenvalue weighted by Crippen LogP contribution is 2.40. The summed E-state index contributed by atoms with van der Waals surface area (Å²) in [5.41, 5.74) is 3.92. The summed E-state index contributed by atoms with van der Waals surface area (Å²) < 4.78 is 1.48. The average Bonchev–Trinajstić information content (AvgIpc) is 3.39. The average molecular weight is 423 g/mol. The first-order chi connectivity index (χ1) is 15.1. The van der Waals surface area contributed by atoms with Gasteiger partial charge in [0.1, 0.15) is 6.54 Å². The van der Waals surface area contributed by atoms with Crippen LogP contribution in [0.1, 0.15) is 56.6 Å². The van der Waals surface area contributed by atoms with Gasteiger partial charge in [-0.3, -0.25) is 9.48 Å². The number of carbonyl (C=O) groups is 1. The van der Waals surface area contributed by atoms with Crippen molar-refractivity contribution in [3.63, 3.8) is 0 Å². The molecular weight excluding hydrogens is 388 g/mol. The number of hydrogen-bond donors (Lipinski definition) is 3. The van der Waals surface area contributed by atoms with Gasteiger partial charge in [0.05, 0.1) is 6.20 Å². The summed E-state index contributed by atoms with van der Waals surface area (Å²) in [4.78, 5) is 10.8. The van der Waals surface area contributed by atoms with E-state index in [0.29, 0.717) is 24.0 Å². The Hall–Kier alpha value is -2.44. The number of aliphatic carboxylic acids is 1. The van der Waals surface area contributed by atoms with E-state index in [1.165, 1.54) is 42.3 Å². The molecule has 2 aliphatic rings. The van der Waals surface area contributed by atoms with E-state index >= 15 is 0 Å². The van der Waals surface area contributed by atoms with Gasteiger partial charge in [0.25, 0.3) is 0 Å². The topological polar surface area (TPSA) is 79.2 Å². The Morgan fingerprint density at radius 2 is 1.94 bits per heavy atom. The van der Waals surface area contributed by atoms with Gasteiger partial charge in [0, 0.05) is 36.4 Å². The maximum Gasteiger partial charge on any atom is 0.325 e. The quantitative estimate of drug-likeness (QED) is 0.542. The van der Waals surface area contributed by atoms with E-state index in [4.69, 9.17) is 5.11 Å². The first-order valence-corrected chi connectivity index (χ1v) is 11.6. The molecule has 31 heavy (non-hydrogen) atoms. The van der Waals surface area contributed by atoms with Gasteiger partial charge >= 0.3 is 5.97 Å². The zero-order valence-electron chi connectivity index (χ0n) is 18.3. The minimum Gasteiger partial charge on any atom is -0.480 e. The van der Waals surface area contributed by atoms with Gasteiger partial charge in [0.15, 0.2) is 0 Å². The van der Waals surface area contributed by atoms with Crippen molar-refractivity contribution in [1.29, 1.82) is 0 Å². The second-order valence-corrected chi connectivity index (χ2v) is 8.97. The van der Waals surface area contributed by atoms with Crippen molar-refractivity contribution in [3.8, 4) is 0 Å². The van der Waals surface area contributed by atoms with Gasteiger partial charge in [-0.1, -0.05) is 48.9 Å². The zero-order valence-corrected chi connectivity index (χ0v) is 18.3. The molecule has 2 atom stereocenters. The van der Waals surface area contributed by atoms with Gasteiger partial charge in [-0.05, 0) is 50.0 Å². The number of benzene rings is 1. The van der Waals surface area contributed by atoms with E-state index in [0.717, 1.165) is 18.5 Å². The van der Waals surface area contributed by atoms with Crippen LogP contribution in [-0.2, 0) is 17.9 Å². The summed E-state index contributed by atoms with van der Waals surface area (Å²) >= 11 is 0. The molecule has 1 aromatic heterocycles. The van der Waals surface area contributed by atoms with Crippen molar-refractivity contribution in [3.05, 3.63) is 59.4 Å². The normalized spacial score (nSPS) is 26.0. The third-order valence-corrected chi connectivity index (χ3v) is 6.58. The fourth-order valence-electron chi connectivity index (χ4n) is 4.78. The molecule has 0 unspecified atom stereocenters. The zero-order chi connectivity index (χ0) is 21.6. The van der Waals surface area contributed by atoms with Gasteiger partial charge in [0.2, 0.25) is 0 Å². The van der Waals surface area contributed by atoms with Crippen LogP contribution in [0.4, 0.5) is 0 Å². The number of nitrogens with zero attached hydrogens (tertiary/aromatic N) is 2. The molecule has 3 N–H and O–H groups in total. The van der Waals surface area contributed by atoms with Crippen LogP contribution in [0.15, 0.2) is 48.3 Å². The van der Waals surface area contributed by atoms with E-state index in [2.05, 4.69) is 59.1 Å². The third-order valence-electron chi connectivity index (χ3n) is 6.58. The lowest BCUT2D eigenvalue weighted by molar-refractivity contribution is -0.137. The standard InChI is InChI=1S/C25H34N4O2/c1-2-20(12-18-6-4-3-5-7-18)23-13-24(23)28-22-10-8-21(9-11-22)26-14-19-15-27-29(16-19)17-25(30)31/h3-7,12,15-16,21-24,26,28H,2,8-11,13-14,17H2,1H3,(H,30,31)/t21?,22?,23-,24+/m0/s1. The Kier molecular flexibility index (Phi) is 7.20. The van der Waals surface area contributed by atoms with Gasteiger partial charge < -0.3 is 15.7 Å². The summed E-state index contributed by atoms with van der Waals surface area (Å²) in [6.45, 7) is 2.93. The van der Waals surface area contributed by atoms with E-state index < -0.39 is 5.97 Å². The van der Waals surface area contributed by atoms with Crippen molar-refractivity contribution >= 4 is 12.0 Å². The highest BCUT2D eigenvalue weighted by Gasteiger charge is 2.40. The molecule has 166 valence electrons. The molecule has 2 aromatic rings. The van der Waals surface area contributed by atoms with Gasteiger partial charge in [-0.15, -0.1) is 0 Å². The van der Waals surface area contributed by atoms with Crippen LogP contribution in [0.3, 0.4) is 0 Å². The van der Waals surface area contributed by atoms with E-state index in [-0.39, 0.29) is 6.54 Å². The summed E-state index contributed by atoms with van der Waals surface area (Å²) in [6.07, 6.45) is 13.1. The number of nitrogens with one attached hydrogen (secondary N) is 2. The molecule has 1 aromatic carbocycles. The molecule has 0 aliphatic heterocycles. The molecule has 2 fully saturated rings. The van der Waals surface area contributed by atoms with Crippen molar-refractivity contribution in [1.82, 2.24) is 20.4 Å². The molecule has 0 bridgehead atoms. The van der Waals surface area contributed by atoms with Crippen LogP contribution in [0.2, 0.25) is 0 Å². The Morgan fingerprint density at radius 3 is 2.65 bits per heavy atom. The fraction of sp³-hybridized carbons (Fsp3) is 0.520. The lowest BCUT2D eigenvalue weighted by Crippen LogP contribution is -2.40. The fourth-order valence-corrected chi connectivity index (χ4v) is 4.78. The lowest BCUT2D eigenvalue weighted by Gasteiger charge is -2.30. The van der Waals surface area contributed by atoms with Crippen LogP contribution < -0.4 is 10.6 Å². The molecule has 6 heteroatoms. The monoisotopic (exact) mass is 422 g/mol. The predicted octanol–water partition coefficient (Wildman–Crippen LogP) is 3.84. The highest BCUT2D eigenvalue weighted by molar-refractivity contribution is 5.66.